The maximum Gasteiger partial charge on any atom is 0.573 e. The second-order valence-corrected chi connectivity index (χ2v) is 4.24. The average Bonchev–Trinajstić information content (AvgIpc) is 2.42. The van der Waals surface area contributed by atoms with E-state index in [2.05, 4.69) is 10.1 Å². The summed E-state index contributed by atoms with van der Waals surface area (Å²) in [7, 11) is 0. The van der Waals surface area contributed by atoms with Gasteiger partial charge >= 0.3 is 6.36 Å². The molecule has 0 aromatic heterocycles. The molecule has 1 aromatic carbocycles. The molecule has 0 heterocycles. The molecule has 0 aliphatic rings. The van der Waals surface area contributed by atoms with Crippen molar-refractivity contribution in [3.05, 3.63) is 29.8 Å². The van der Waals surface area contributed by atoms with Crippen LogP contribution in [0.1, 0.15) is 17.3 Å². The van der Waals surface area contributed by atoms with E-state index < -0.39 is 36.1 Å². The highest BCUT2D eigenvalue weighted by molar-refractivity contribution is 5.97. The van der Waals surface area contributed by atoms with Crippen LogP contribution in [0, 0.1) is 0 Å². The van der Waals surface area contributed by atoms with Gasteiger partial charge in [0, 0.05) is 5.56 Å². The third-order valence-corrected chi connectivity index (χ3v) is 2.51. The lowest BCUT2D eigenvalue weighted by molar-refractivity contribution is -0.274. The van der Waals surface area contributed by atoms with Crippen LogP contribution in [0.4, 0.5) is 13.2 Å². The quantitative estimate of drug-likeness (QED) is 0.468. The Labute approximate surface area is 122 Å². The minimum Gasteiger partial charge on any atom is -0.406 e. The topological polar surface area (TPSA) is 108 Å². The number of halogens is 3. The van der Waals surface area contributed by atoms with E-state index >= 15 is 0 Å². The smallest absolute Gasteiger partial charge is 0.406 e. The molecule has 0 bridgehead atoms. The van der Waals surface area contributed by atoms with E-state index in [1.807, 2.05) is 0 Å². The fourth-order valence-corrected chi connectivity index (χ4v) is 1.51. The van der Waals surface area contributed by atoms with Gasteiger partial charge in [0.2, 0.25) is 0 Å². The van der Waals surface area contributed by atoms with Crippen molar-refractivity contribution in [2.45, 2.75) is 25.4 Å². The number of rotatable bonds is 5. The summed E-state index contributed by atoms with van der Waals surface area (Å²) in [4.78, 5) is 23.1. The fourth-order valence-electron chi connectivity index (χ4n) is 1.51. The summed E-state index contributed by atoms with van der Waals surface area (Å²) in [6.07, 6.45) is -6.15. The molecule has 0 aliphatic carbocycles. The van der Waals surface area contributed by atoms with Gasteiger partial charge in [0.1, 0.15) is 11.8 Å². The molecule has 1 aromatic rings. The number of alkyl halides is 3. The number of amides is 2. The number of hydrogen-bond donors (Lipinski definition) is 4. The number of hydroxylamine groups is 1. The lowest BCUT2D eigenvalue weighted by atomic mass is 10.1. The van der Waals surface area contributed by atoms with Crippen LogP contribution in [0.2, 0.25) is 0 Å². The predicted molar refractivity (Wildman–Crippen MR) is 66.0 cm³/mol. The molecule has 0 saturated heterocycles. The number of aliphatic hydroxyl groups excluding tert-OH is 1. The molecule has 22 heavy (non-hydrogen) atoms. The van der Waals surface area contributed by atoms with Crippen LogP contribution in [-0.4, -0.2) is 40.6 Å². The van der Waals surface area contributed by atoms with E-state index in [-0.39, 0.29) is 5.56 Å². The van der Waals surface area contributed by atoms with Crippen molar-refractivity contribution in [2.24, 2.45) is 0 Å². The Hall–Kier alpha value is -2.33. The summed E-state index contributed by atoms with van der Waals surface area (Å²) in [6.45, 7) is 1.21. The van der Waals surface area contributed by atoms with Crippen LogP contribution >= 0.6 is 0 Å². The van der Waals surface area contributed by atoms with Gasteiger partial charge in [-0.2, -0.15) is 0 Å². The molecule has 1 rings (SSSR count). The third kappa shape index (κ3) is 5.22. The number of nitrogens with one attached hydrogen (secondary N) is 2. The zero-order chi connectivity index (χ0) is 16.9. The van der Waals surface area contributed by atoms with Gasteiger partial charge < -0.3 is 15.2 Å². The van der Waals surface area contributed by atoms with Crippen molar-refractivity contribution >= 4 is 11.8 Å². The van der Waals surface area contributed by atoms with Gasteiger partial charge in [-0.1, -0.05) is 0 Å². The Morgan fingerprint density at radius 2 is 1.77 bits per heavy atom. The average molecular weight is 322 g/mol. The minimum absolute atomic E-state index is 0.0640. The third-order valence-electron chi connectivity index (χ3n) is 2.51. The molecule has 10 heteroatoms. The largest absolute Gasteiger partial charge is 0.573 e. The normalized spacial score (nSPS) is 13.9. The number of aliphatic hydroxyl groups is 1. The SMILES string of the molecule is CC(O)[C@H](NC(=O)c1ccc(OC(F)(F)F)cc1)C(=O)NO. The number of benzene rings is 1. The Balaban J connectivity index is 2.79. The Bertz CT molecular complexity index is 531. The summed E-state index contributed by atoms with van der Waals surface area (Å²) in [5.74, 6) is -2.38. The van der Waals surface area contributed by atoms with Gasteiger partial charge in [-0.25, -0.2) is 5.48 Å². The molecular formula is C12H13F3N2O5. The first-order valence-electron chi connectivity index (χ1n) is 5.92. The van der Waals surface area contributed by atoms with Gasteiger partial charge in [-0.15, -0.1) is 13.2 Å². The molecule has 0 radical (unpaired) electrons. The molecule has 0 spiro atoms. The Morgan fingerprint density at radius 1 is 1.23 bits per heavy atom. The first-order chi connectivity index (χ1) is 10.1. The van der Waals surface area contributed by atoms with E-state index in [0.29, 0.717) is 0 Å². The van der Waals surface area contributed by atoms with Gasteiger partial charge in [0.05, 0.1) is 6.10 Å². The monoisotopic (exact) mass is 322 g/mol. The molecule has 2 amide bonds. The standard InChI is InChI=1S/C12H13F3N2O5/c1-6(18)9(11(20)17-21)16-10(19)7-2-4-8(5-3-7)22-12(13,14)15/h2-6,9,18,21H,1H3,(H,16,19)(H,17,20)/t6?,9-/m0/s1. The summed E-state index contributed by atoms with van der Waals surface area (Å²) < 4.78 is 39.6. The van der Waals surface area contributed by atoms with Crippen molar-refractivity contribution < 1.29 is 37.8 Å². The van der Waals surface area contributed by atoms with Gasteiger partial charge in [0.25, 0.3) is 11.8 Å². The molecule has 0 aliphatic heterocycles. The number of hydrogen-bond acceptors (Lipinski definition) is 5. The van der Waals surface area contributed by atoms with E-state index in [9.17, 15) is 27.9 Å². The fraction of sp³-hybridized carbons (Fsp3) is 0.333. The number of carbonyl (C=O) groups excluding carboxylic acids is 2. The molecular weight excluding hydrogens is 309 g/mol. The molecule has 2 atom stereocenters. The second-order valence-electron chi connectivity index (χ2n) is 4.24. The number of ether oxygens (including phenoxy) is 1. The molecule has 1 unspecified atom stereocenters. The van der Waals surface area contributed by atoms with Crippen molar-refractivity contribution in [3.63, 3.8) is 0 Å². The first-order valence-corrected chi connectivity index (χ1v) is 5.92. The van der Waals surface area contributed by atoms with E-state index in [4.69, 9.17) is 5.21 Å². The lowest BCUT2D eigenvalue weighted by Gasteiger charge is -2.19. The van der Waals surface area contributed by atoms with Gasteiger partial charge in [-0.3, -0.25) is 14.8 Å². The Morgan fingerprint density at radius 3 is 2.18 bits per heavy atom. The van der Waals surface area contributed by atoms with Crippen LogP contribution in [0.15, 0.2) is 24.3 Å². The van der Waals surface area contributed by atoms with Crippen molar-refractivity contribution in [2.75, 3.05) is 0 Å². The van der Waals surface area contributed by atoms with E-state index in [1.54, 1.807) is 0 Å². The van der Waals surface area contributed by atoms with Crippen LogP contribution < -0.4 is 15.5 Å². The molecule has 0 saturated carbocycles. The van der Waals surface area contributed by atoms with E-state index in [1.165, 1.54) is 12.4 Å². The van der Waals surface area contributed by atoms with Crippen LogP contribution in [-0.2, 0) is 4.79 Å². The molecule has 122 valence electrons. The maximum absolute atomic E-state index is 12.0. The van der Waals surface area contributed by atoms with Gasteiger partial charge in [-0.05, 0) is 31.2 Å². The zero-order valence-electron chi connectivity index (χ0n) is 11.2. The van der Waals surface area contributed by atoms with E-state index in [0.717, 1.165) is 24.3 Å². The number of carbonyl (C=O) groups is 2. The summed E-state index contributed by atoms with van der Waals surface area (Å²) in [5.41, 5.74) is 1.22. The Kier molecular flexibility index (Phi) is 5.71. The first kappa shape index (κ1) is 17.7. The zero-order valence-corrected chi connectivity index (χ0v) is 11.2. The highest BCUT2D eigenvalue weighted by atomic mass is 19.4. The maximum atomic E-state index is 12.0. The van der Waals surface area contributed by atoms with Crippen LogP contribution in [0.25, 0.3) is 0 Å². The van der Waals surface area contributed by atoms with Gasteiger partial charge in [0.15, 0.2) is 0 Å². The van der Waals surface area contributed by atoms with Crippen molar-refractivity contribution in [1.29, 1.82) is 0 Å². The van der Waals surface area contributed by atoms with Crippen molar-refractivity contribution in [3.8, 4) is 5.75 Å². The second kappa shape index (κ2) is 7.09. The highest BCUT2D eigenvalue weighted by Gasteiger charge is 2.31. The molecule has 4 N–H and O–H groups in total. The van der Waals surface area contributed by atoms with Crippen LogP contribution in [0.3, 0.4) is 0 Å². The minimum atomic E-state index is -4.85. The van der Waals surface area contributed by atoms with Crippen LogP contribution in [0.5, 0.6) is 5.75 Å². The summed E-state index contributed by atoms with van der Waals surface area (Å²) in [6, 6.07) is 2.51. The predicted octanol–water partition coefficient (Wildman–Crippen LogP) is 0.570. The molecule has 7 nitrogen and oxygen atoms in total. The lowest BCUT2D eigenvalue weighted by Crippen LogP contribution is -2.51. The summed E-state index contributed by atoms with van der Waals surface area (Å²) in [5, 5.41) is 20.0. The van der Waals surface area contributed by atoms with Crippen molar-refractivity contribution in [1.82, 2.24) is 10.8 Å². The highest BCUT2D eigenvalue weighted by Crippen LogP contribution is 2.22. The summed E-state index contributed by atoms with van der Waals surface area (Å²) >= 11 is 0. The molecule has 0 fully saturated rings.